The van der Waals surface area contributed by atoms with Gasteiger partial charge in [0.05, 0.1) is 45.6 Å². The Kier molecular flexibility index (Phi) is 11.3. The Balaban J connectivity index is 1.03. The van der Waals surface area contributed by atoms with E-state index in [1.807, 2.05) is 146 Å². The van der Waals surface area contributed by atoms with Crippen molar-refractivity contribution in [3.05, 3.63) is 191 Å². The van der Waals surface area contributed by atoms with Gasteiger partial charge in [0.1, 0.15) is 0 Å². The van der Waals surface area contributed by atoms with Gasteiger partial charge in [0, 0.05) is 44.5 Å². The Morgan fingerprint density at radius 2 is 0.350 bits per heavy atom. The molecule has 0 radical (unpaired) electrons. The zero-order chi connectivity index (χ0) is 54.8. The number of anilines is 8. The molecular formula is C56H40N24. The number of hydrogen-bond acceptors (Lipinski definition) is 24. The molecule has 16 N–H and O–H groups in total. The minimum absolute atomic E-state index is 0.00448. The highest BCUT2D eigenvalue weighted by molar-refractivity contribution is 6.39. The van der Waals surface area contributed by atoms with Gasteiger partial charge in [-0.25, -0.2) is 20.0 Å². The third-order valence-corrected chi connectivity index (χ3v) is 13.0. The van der Waals surface area contributed by atoms with Crippen LogP contribution >= 0.6 is 0 Å². The Morgan fingerprint density at radius 1 is 0.188 bits per heavy atom. The van der Waals surface area contributed by atoms with E-state index >= 15 is 0 Å². The fourth-order valence-corrected chi connectivity index (χ4v) is 9.57. The number of nitrogens with zero attached hydrogens (tertiary/aromatic N) is 16. The van der Waals surface area contributed by atoms with Crippen molar-refractivity contribution in [1.29, 1.82) is 0 Å². The highest BCUT2D eigenvalue weighted by Gasteiger charge is 2.28. The first-order valence-corrected chi connectivity index (χ1v) is 24.4. The Hall–Kier alpha value is -12.1. The van der Waals surface area contributed by atoms with Gasteiger partial charge in [-0.3, -0.25) is 0 Å². The number of nitrogen functional groups attached to an aromatic ring is 8. The number of rotatable bonds is 8. The molecular weight excluding hydrogens is 1010 g/mol. The Bertz CT molecular complexity index is 3740. The summed E-state index contributed by atoms with van der Waals surface area (Å²) in [4.78, 5) is 72.1. The lowest BCUT2D eigenvalue weighted by molar-refractivity contribution is 1.09. The maximum atomic E-state index is 5.98. The zero-order valence-electron chi connectivity index (χ0n) is 41.6. The molecule has 0 fully saturated rings. The smallest absolute Gasteiger partial charge is 0.225 e. The van der Waals surface area contributed by atoms with Crippen molar-refractivity contribution in [2.75, 3.05) is 45.9 Å². The minimum Gasteiger partial charge on any atom is -0.368 e. The van der Waals surface area contributed by atoms with Gasteiger partial charge in [0.2, 0.25) is 47.6 Å². The van der Waals surface area contributed by atoms with E-state index in [4.69, 9.17) is 65.8 Å². The van der Waals surface area contributed by atoms with E-state index in [1.165, 1.54) is 0 Å². The molecule has 8 bridgehead atoms. The molecule has 384 valence electrons. The van der Waals surface area contributed by atoms with E-state index in [-0.39, 0.29) is 47.6 Å². The van der Waals surface area contributed by atoms with Crippen LogP contribution in [0.1, 0.15) is 22.3 Å². The summed E-state index contributed by atoms with van der Waals surface area (Å²) in [5, 5.41) is 0. The van der Waals surface area contributed by atoms with Crippen LogP contribution in [0.3, 0.4) is 0 Å². The van der Waals surface area contributed by atoms with Crippen LogP contribution in [-0.2, 0) is 0 Å². The number of aliphatic imine (C=N–C) groups is 4. The standard InChI is InChI=1S/C56H40N24/c57-49-69-45(70-50(58)77-49)29-9-1-25(2-10-29)41-33-17-19-35(65-33)42(26-3-11-30(12-4-26)46-71-51(59)78-52(60)72-46)37-21-23-39(67-37)44(28-7-15-32(16-8-28)48-75-55(63)80-56(64)76-48)40-24-22-38(68-40)43(36-20-18-34(41)66-36)27-5-13-31(14-6-27)47-73-53(61)79-54(62)74-47/h1-24H,(H4,57,58,69,70,77)(H4,59,60,71,72,78)(H4,61,62,73,74,79)(H4,63,64,75,76,80). The second-order valence-corrected chi connectivity index (χ2v) is 18.2. The number of aromatic nitrogens is 12. The molecule has 0 saturated carbocycles. The molecule has 24 nitrogen and oxygen atoms in total. The normalized spacial score (nSPS) is 15.3. The van der Waals surface area contributed by atoms with Crippen LogP contribution in [-0.4, -0.2) is 82.7 Å². The van der Waals surface area contributed by atoms with Crippen molar-refractivity contribution >= 4 is 92.7 Å². The SMILES string of the molecule is Nc1nc(N)nc(-c2ccc(C3=C4C=CC(=N4)C(c4ccc(-c5nc(N)nc(N)n5)cc4)=C4C=CC(=N4)C(c4ccc(-c5nc(N)nc(N)n5)cc4)=C4C=CC(=N4)C(c4ccc(-c5nc(N)nc(N)n5)cc4)=C4C=CC3=N4)cc2)n1. The quantitative estimate of drug-likeness (QED) is 0.0897. The number of allylic oxidation sites excluding steroid dienone is 12. The number of fused-ring (bicyclic) bond motifs is 4. The first-order chi connectivity index (χ1) is 38.8. The summed E-state index contributed by atoms with van der Waals surface area (Å²) in [6, 6.07) is 30.7. The van der Waals surface area contributed by atoms with Crippen LogP contribution in [0.2, 0.25) is 0 Å². The van der Waals surface area contributed by atoms with Gasteiger partial charge in [-0.15, -0.1) is 0 Å². The molecule has 4 aromatic carbocycles. The van der Waals surface area contributed by atoms with Crippen LogP contribution in [0.5, 0.6) is 0 Å². The average molecular weight is 1050 g/mol. The lowest BCUT2D eigenvalue weighted by Gasteiger charge is -2.13. The van der Waals surface area contributed by atoms with E-state index in [9.17, 15) is 0 Å². The first-order valence-electron chi connectivity index (χ1n) is 24.4. The van der Waals surface area contributed by atoms with Crippen LogP contribution in [0.25, 0.3) is 67.8 Å². The zero-order valence-corrected chi connectivity index (χ0v) is 41.6. The van der Waals surface area contributed by atoms with Gasteiger partial charge in [-0.05, 0) is 70.9 Å². The summed E-state index contributed by atoms with van der Waals surface area (Å²) in [5.41, 5.74) is 61.5. The molecule has 5 aliphatic rings. The van der Waals surface area contributed by atoms with Crippen molar-refractivity contribution < 1.29 is 0 Å². The molecule has 80 heavy (non-hydrogen) atoms. The Labute approximate surface area is 453 Å². The van der Waals surface area contributed by atoms with Gasteiger partial charge in [0.15, 0.2) is 23.3 Å². The predicted octanol–water partition coefficient (Wildman–Crippen LogP) is 5.75. The van der Waals surface area contributed by atoms with E-state index in [2.05, 4.69) is 59.8 Å². The van der Waals surface area contributed by atoms with Gasteiger partial charge >= 0.3 is 0 Å². The number of hydrogen-bond donors (Lipinski definition) is 8. The van der Waals surface area contributed by atoms with Gasteiger partial charge in [-0.1, -0.05) is 97.1 Å². The van der Waals surface area contributed by atoms with Crippen molar-refractivity contribution in [2.24, 2.45) is 20.0 Å². The molecule has 4 aromatic heterocycles. The highest BCUT2D eigenvalue weighted by atomic mass is 15.2. The maximum Gasteiger partial charge on any atom is 0.225 e. The summed E-state index contributed by atoms with van der Waals surface area (Å²) in [7, 11) is 0. The summed E-state index contributed by atoms with van der Waals surface area (Å²) in [6.45, 7) is 0. The average Bonchev–Trinajstić information content (AvgIpc) is 4.36. The van der Waals surface area contributed by atoms with Crippen LogP contribution in [0.4, 0.5) is 47.6 Å². The topological polar surface area (TPSA) is 412 Å². The lowest BCUT2D eigenvalue weighted by Crippen LogP contribution is -2.05. The van der Waals surface area contributed by atoms with E-state index in [0.29, 0.717) is 91.2 Å². The maximum absolute atomic E-state index is 5.98. The summed E-state index contributed by atoms with van der Waals surface area (Å²) >= 11 is 0. The molecule has 5 aliphatic heterocycles. The lowest BCUT2D eigenvalue weighted by atomic mass is 9.97. The molecule has 13 rings (SSSR count). The molecule has 9 heterocycles. The fraction of sp³-hybridized carbons (Fsp3) is 0. The molecule has 0 unspecified atom stereocenters. The number of nitrogens with two attached hydrogens (primary N) is 8. The van der Waals surface area contributed by atoms with Gasteiger partial charge < -0.3 is 45.9 Å². The minimum atomic E-state index is 0.00448. The van der Waals surface area contributed by atoms with E-state index in [1.54, 1.807) is 0 Å². The second kappa shape index (κ2) is 18.9. The van der Waals surface area contributed by atoms with Crippen molar-refractivity contribution in [2.45, 2.75) is 0 Å². The van der Waals surface area contributed by atoms with Crippen LogP contribution in [0, 0.1) is 0 Å². The first kappa shape index (κ1) is 47.6. The predicted molar refractivity (Wildman–Crippen MR) is 310 cm³/mol. The largest absolute Gasteiger partial charge is 0.368 e. The monoisotopic (exact) mass is 1050 g/mol. The molecule has 0 atom stereocenters. The third kappa shape index (κ3) is 8.98. The summed E-state index contributed by atoms with van der Waals surface area (Å²) < 4.78 is 0. The van der Waals surface area contributed by atoms with Crippen LogP contribution in [0.15, 0.2) is 188 Å². The molecule has 0 aliphatic carbocycles. The van der Waals surface area contributed by atoms with E-state index < -0.39 is 0 Å². The molecule has 0 amide bonds. The summed E-state index contributed by atoms with van der Waals surface area (Å²) in [5.74, 6) is 1.33. The van der Waals surface area contributed by atoms with Gasteiger partial charge in [0.25, 0.3) is 0 Å². The third-order valence-electron chi connectivity index (χ3n) is 13.0. The van der Waals surface area contributed by atoms with Crippen molar-refractivity contribution in [1.82, 2.24) is 59.8 Å². The van der Waals surface area contributed by atoms with Gasteiger partial charge in [-0.2, -0.15) is 59.8 Å². The number of benzene rings is 4. The van der Waals surface area contributed by atoms with Crippen molar-refractivity contribution in [3.63, 3.8) is 0 Å². The fourth-order valence-electron chi connectivity index (χ4n) is 9.57. The highest BCUT2D eigenvalue weighted by Crippen LogP contribution is 2.40. The molecule has 24 heteroatoms. The Morgan fingerprint density at radius 3 is 0.525 bits per heavy atom. The molecule has 0 spiro atoms. The summed E-state index contributed by atoms with van der Waals surface area (Å²) in [6.07, 6.45) is 15.7. The van der Waals surface area contributed by atoms with Crippen molar-refractivity contribution in [3.8, 4) is 45.6 Å². The second-order valence-electron chi connectivity index (χ2n) is 18.2. The molecule has 0 saturated heterocycles. The molecule has 8 aromatic rings. The van der Waals surface area contributed by atoms with Crippen LogP contribution < -0.4 is 45.9 Å². The van der Waals surface area contributed by atoms with E-state index in [0.717, 1.165) is 44.5 Å².